The third-order valence-electron chi connectivity index (χ3n) is 4.45. The lowest BCUT2D eigenvalue weighted by Gasteiger charge is -2.10. The van der Waals surface area contributed by atoms with Gasteiger partial charge in [-0.3, -0.25) is 0 Å². The highest BCUT2D eigenvalue weighted by molar-refractivity contribution is 5.91. The minimum atomic E-state index is -4.83. The van der Waals surface area contributed by atoms with E-state index in [4.69, 9.17) is 4.74 Å². The Balaban J connectivity index is 1.62. The summed E-state index contributed by atoms with van der Waals surface area (Å²) in [6.45, 7) is 2.11. The summed E-state index contributed by atoms with van der Waals surface area (Å²) in [5.41, 5.74) is 1.21. The zero-order valence-corrected chi connectivity index (χ0v) is 17.6. The van der Waals surface area contributed by atoms with Gasteiger partial charge in [-0.25, -0.2) is 19.2 Å². The van der Waals surface area contributed by atoms with Crippen molar-refractivity contribution in [1.82, 2.24) is 9.97 Å². The van der Waals surface area contributed by atoms with Crippen LogP contribution in [0.2, 0.25) is 0 Å². The van der Waals surface area contributed by atoms with Gasteiger partial charge in [-0.1, -0.05) is 25.5 Å². The number of halogens is 4. The van der Waals surface area contributed by atoms with Gasteiger partial charge in [-0.05, 0) is 66.4 Å². The number of aromatic nitrogens is 2. The minimum absolute atomic E-state index is 0.0579. The summed E-state index contributed by atoms with van der Waals surface area (Å²) in [5, 5.41) is 0. The molecule has 0 fully saturated rings. The van der Waals surface area contributed by atoms with Gasteiger partial charge in [0.05, 0.1) is 5.56 Å². The number of aryl methyl sites for hydroxylation is 1. The fourth-order valence-corrected chi connectivity index (χ4v) is 2.80. The molecule has 0 aliphatic rings. The Morgan fingerprint density at radius 2 is 1.67 bits per heavy atom. The highest BCUT2D eigenvalue weighted by Gasteiger charge is 2.31. The molecule has 2 aromatic carbocycles. The molecule has 1 aromatic heterocycles. The van der Waals surface area contributed by atoms with E-state index >= 15 is 0 Å². The van der Waals surface area contributed by atoms with Crippen LogP contribution in [0, 0.1) is 5.82 Å². The van der Waals surface area contributed by atoms with E-state index < -0.39 is 23.9 Å². The molecule has 0 unspecified atom stereocenters. The Hall–Kier alpha value is -3.75. The van der Waals surface area contributed by atoms with E-state index in [0.29, 0.717) is 11.4 Å². The molecule has 0 bridgehead atoms. The van der Waals surface area contributed by atoms with Crippen LogP contribution in [0.3, 0.4) is 0 Å². The maximum Gasteiger partial charge on any atom is 0.573 e. The molecule has 0 saturated carbocycles. The molecule has 33 heavy (non-hydrogen) atoms. The van der Waals surface area contributed by atoms with Crippen LogP contribution >= 0.6 is 0 Å². The fraction of sp³-hybridized carbons (Fsp3) is 0.208. The molecule has 0 aliphatic heterocycles. The summed E-state index contributed by atoms with van der Waals surface area (Å²) in [4.78, 5) is 20.7. The third kappa shape index (κ3) is 7.41. The first-order valence-electron chi connectivity index (χ1n) is 10.1. The SMILES string of the molecule is CCCCc1cnc(/C=C/c2ccc(C(=O)Oc3ccc(OC(F)(F)F)cc3)c(F)c2)nc1. The molecule has 3 aromatic rings. The van der Waals surface area contributed by atoms with E-state index in [2.05, 4.69) is 21.6 Å². The molecule has 0 saturated heterocycles. The van der Waals surface area contributed by atoms with Gasteiger partial charge in [0.25, 0.3) is 0 Å². The summed E-state index contributed by atoms with van der Waals surface area (Å²) in [6.07, 6.45) is 4.97. The first-order chi connectivity index (χ1) is 15.7. The Labute approximate surface area is 187 Å². The lowest BCUT2D eigenvalue weighted by atomic mass is 10.1. The van der Waals surface area contributed by atoms with Gasteiger partial charge >= 0.3 is 12.3 Å². The molecule has 0 N–H and O–H groups in total. The van der Waals surface area contributed by atoms with Crippen LogP contribution in [0.5, 0.6) is 11.5 Å². The number of unbranched alkanes of at least 4 members (excludes halogenated alkanes) is 1. The van der Waals surface area contributed by atoms with E-state index in [1.54, 1.807) is 24.5 Å². The van der Waals surface area contributed by atoms with Crippen LogP contribution in [-0.4, -0.2) is 22.3 Å². The fourth-order valence-electron chi connectivity index (χ4n) is 2.80. The minimum Gasteiger partial charge on any atom is -0.423 e. The molecule has 0 spiro atoms. The van der Waals surface area contributed by atoms with Crippen LogP contribution in [0.1, 0.15) is 47.1 Å². The van der Waals surface area contributed by atoms with E-state index in [1.807, 2.05) is 0 Å². The zero-order valence-electron chi connectivity index (χ0n) is 17.6. The molecule has 5 nitrogen and oxygen atoms in total. The van der Waals surface area contributed by atoms with Crippen molar-refractivity contribution in [2.75, 3.05) is 0 Å². The summed E-state index contributed by atoms with van der Waals surface area (Å²) in [7, 11) is 0. The Bertz CT molecular complexity index is 1110. The Morgan fingerprint density at radius 3 is 2.27 bits per heavy atom. The highest BCUT2D eigenvalue weighted by atomic mass is 19.4. The van der Waals surface area contributed by atoms with Crippen molar-refractivity contribution < 1.29 is 31.8 Å². The molecule has 0 amide bonds. The molecular weight excluding hydrogens is 440 g/mol. The van der Waals surface area contributed by atoms with Crippen molar-refractivity contribution in [3.8, 4) is 11.5 Å². The maximum atomic E-state index is 14.4. The topological polar surface area (TPSA) is 61.3 Å². The van der Waals surface area contributed by atoms with Gasteiger partial charge in [0.2, 0.25) is 0 Å². The number of ether oxygens (including phenoxy) is 2. The molecular formula is C24H20F4N2O3. The number of nitrogens with zero attached hydrogens (tertiary/aromatic N) is 2. The van der Waals surface area contributed by atoms with Crippen LogP contribution < -0.4 is 9.47 Å². The second-order valence-electron chi connectivity index (χ2n) is 7.03. The van der Waals surface area contributed by atoms with Crippen molar-refractivity contribution in [1.29, 1.82) is 0 Å². The number of carbonyl (C=O) groups is 1. The first kappa shape index (κ1) is 23.9. The van der Waals surface area contributed by atoms with Crippen LogP contribution in [-0.2, 0) is 6.42 Å². The molecule has 3 rings (SSSR count). The van der Waals surface area contributed by atoms with Crippen molar-refractivity contribution in [3.05, 3.63) is 83.2 Å². The zero-order chi connectivity index (χ0) is 23.8. The van der Waals surface area contributed by atoms with Crippen molar-refractivity contribution in [3.63, 3.8) is 0 Å². The molecule has 0 aliphatic carbocycles. The number of rotatable bonds is 8. The molecule has 9 heteroatoms. The van der Waals surface area contributed by atoms with E-state index in [1.165, 1.54) is 12.1 Å². The van der Waals surface area contributed by atoms with Crippen LogP contribution in [0.15, 0.2) is 54.9 Å². The summed E-state index contributed by atoms with van der Waals surface area (Å²) in [5.74, 6) is -1.85. The number of carbonyl (C=O) groups excluding carboxylic acids is 1. The summed E-state index contributed by atoms with van der Waals surface area (Å²) < 4.78 is 59.8. The van der Waals surface area contributed by atoms with Gasteiger partial charge in [0, 0.05) is 12.4 Å². The van der Waals surface area contributed by atoms with Crippen molar-refractivity contribution in [2.45, 2.75) is 32.5 Å². The third-order valence-corrected chi connectivity index (χ3v) is 4.45. The van der Waals surface area contributed by atoms with Gasteiger partial charge in [-0.15, -0.1) is 13.2 Å². The average molecular weight is 460 g/mol. The number of esters is 1. The van der Waals surface area contributed by atoms with Crippen molar-refractivity contribution >= 4 is 18.1 Å². The maximum absolute atomic E-state index is 14.4. The number of alkyl halides is 3. The smallest absolute Gasteiger partial charge is 0.423 e. The predicted octanol–water partition coefficient (Wildman–Crippen LogP) is 6.25. The predicted molar refractivity (Wildman–Crippen MR) is 114 cm³/mol. The largest absolute Gasteiger partial charge is 0.573 e. The Morgan fingerprint density at radius 1 is 1.00 bits per heavy atom. The molecule has 1 heterocycles. The quantitative estimate of drug-likeness (QED) is 0.226. The average Bonchev–Trinajstić information content (AvgIpc) is 2.77. The molecule has 0 atom stereocenters. The van der Waals surface area contributed by atoms with E-state index in [-0.39, 0.29) is 11.3 Å². The summed E-state index contributed by atoms with van der Waals surface area (Å²) >= 11 is 0. The van der Waals surface area contributed by atoms with Gasteiger partial charge < -0.3 is 9.47 Å². The van der Waals surface area contributed by atoms with Gasteiger partial charge in [0.15, 0.2) is 5.82 Å². The van der Waals surface area contributed by atoms with Crippen LogP contribution in [0.25, 0.3) is 12.2 Å². The number of hydrogen-bond donors (Lipinski definition) is 0. The Kier molecular flexibility index (Phi) is 7.76. The van der Waals surface area contributed by atoms with E-state index in [0.717, 1.165) is 55.2 Å². The normalized spacial score (nSPS) is 11.5. The van der Waals surface area contributed by atoms with Crippen molar-refractivity contribution in [2.24, 2.45) is 0 Å². The highest BCUT2D eigenvalue weighted by Crippen LogP contribution is 2.25. The molecule has 172 valence electrons. The number of benzene rings is 2. The number of hydrogen-bond acceptors (Lipinski definition) is 5. The lowest BCUT2D eigenvalue weighted by molar-refractivity contribution is -0.274. The first-order valence-corrected chi connectivity index (χ1v) is 10.1. The van der Waals surface area contributed by atoms with Gasteiger partial charge in [-0.2, -0.15) is 0 Å². The van der Waals surface area contributed by atoms with E-state index in [9.17, 15) is 22.4 Å². The second kappa shape index (κ2) is 10.7. The second-order valence-corrected chi connectivity index (χ2v) is 7.03. The van der Waals surface area contributed by atoms with Crippen LogP contribution in [0.4, 0.5) is 17.6 Å². The standard InChI is InChI=1S/C24H20F4N2O3/c1-2-3-4-17-14-29-22(30-15-17)12-6-16-5-11-20(21(25)13-16)23(31)32-18-7-9-19(10-8-18)33-24(26,27)28/h5-15H,2-4H2,1H3/b12-6+. The summed E-state index contributed by atoms with van der Waals surface area (Å²) in [6, 6.07) is 8.13. The monoisotopic (exact) mass is 460 g/mol. The van der Waals surface area contributed by atoms with Gasteiger partial charge in [0.1, 0.15) is 17.3 Å². The lowest BCUT2D eigenvalue weighted by Crippen LogP contribution is -2.17. The molecule has 0 radical (unpaired) electrons.